The summed E-state index contributed by atoms with van der Waals surface area (Å²) in [6.45, 7) is 3.60. The van der Waals surface area contributed by atoms with Crippen LogP contribution in [0.1, 0.15) is 38.2 Å². The zero-order chi connectivity index (χ0) is 15.5. The van der Waals surface area contributed by atoms with Crippen molar-refractivity contribution in [1.82, 2.24) is 5.32 Å². The van der Waals surface area contributed by atoms with Crippen LogP contribution in [0.2, 0.25) is 0 Å². The average molecular weight is 295 g/mol. The van der Waals surface area contributed by atoms with E-state index in [1.807, 2.05) is 12.1 Å². The lowest BCUT2D eigenvalue weighted by Crippen LogP contribution is -2.15. The zero-order valence-corrected chi connectivity index (χ0v) is 12.9. The fourth-order valence-corrected chi connectivity index (χ4v) is 1.99. The first-order valence-corrected chi connectivity index (χ1v) is 7.39. The second-order valence-electron chi connectivity index (χ2n) is 4.91. The predicted molar refractivity (Wildman–Crippen MR) is 82.0 cm³/mol. The van der Waals surface area contributed by atoms with Crippen molar-refractivity contribution in [2.24, 2.45) is 0 Å². The van der Waals surface area contributed by atoms with E-state index in [1.54, 1.807) is 13.2 Å². The molecule has 0 aliphatic rings. The first-order chi connectivity index (χ1) is 10.2. The second kappa shape index (κ2) is 10.0. The summed E-state index contributed by atoms with van der Waals surface area (Å²) in [6.07, 6.45) is 4.97. The minimum atomic E-state index is -1.00. The zero-order valence-electron chi connectivity index (χ0n) is 12.9. The summed E-state index contributed by atoms with van der Waals surface area (Å²) in [4.78, 5) is 10.5. The first-order valence-electron chi connectivity index (χ1n) is 7.39. The Morgan fingerprint density at radius 1 is 1.24 bits per heavy atom. The fourth-order valence-electron chi connectivity index (χ4n) is 1.99. The summed E-state index contributed by atoms with van der Waals surface area (Å²) >= 11 is 0. The van der Waals surface area contributed by atoms with Gasteiger partial charge >= 0.3 is 5.97 Å². The minimum absolute atomic E-state index is 0.370. The molecule has 0 fully saturated rings. The Labute approximate surface area is 126 Å². The molecule has 0 bridgehead atoms. The van der Waals surface area contributed by atoms with Crippen molar-refractivity contribution in [2.45, 2.75) is 39.2 Å². The molecule has 0 aliphatic carbocycles. The molecule has 21 heavy (non-hydrogen) atoms. The van der Waals surface area contributed by atoms with Crippen LogP contribution in [0, 0.1) is 0 Å². The van der Waals surface area contributed by atoms with Gasteiger partial charge in [0.1, 0.15) is 0 Å². The van der Waals surface area contributed by atoms with Gasteiger partial charge in [-0.15, -0.1) is 0 Å². The highest BCUT2D eigenvalue weighted by Gasteiger charge is 2.07. The average Bonchev–Trinajstić information content (AvgIpc) is 2.49. The van der Waals surface area contributed by atoms with E-state index in [4.69, 9.17) is 14.6 Å². The minimum Gasteiger partial charge on any atom is -0.493 e. The van der Waals surface area contributed by atoms with Crippen LogP contribution in [-0.4, -0.2) is 31.3 Å². The van der Waals surface area contributed by atoms with E-state index in [-0.39, 0.29) is 6.61 Å². The normalized spacial score (nSPS) is 10.4. The van der Waals surface area contributed by atoms with E-state index in [2.05, 4.69) is 12.2 Å². The van der Waals surface area contributed by atoms with Crippen molar-refractivity contribution in [3.8, 4) is 11.5 Å². The molecule has 0 radical (unpaired) electrons. The number of hydrogen-bond donors (Lipinski definition) is 2. The molecule has 0 saturated heterocycles. The van der Waals surface area contributed by atoms with Crippen molar-refractivity contribution in [3.63, 3.8) is 0 Å². The van der Waals surface area contributed by atoms with E-state index >= 15 is 0 Å². The van der Waals surface area contributed by atoms with Crippen molar-refractivity contribution in [3.05, 3.63) is 23.8 Å². The SMILES string of the molecule is CCCCCCNCc1ccc(OCC(=O)O)c(OC)c1. The van der Waals surface area contributed by atoms with Gasteiger partial charge in [-0.2, -0.15) is 0 Å². The van der Waals surface area contributed by atoms with Gasteiger partial charge in [0, 0.05) is 6.54 Å². The Morgan fingerprint density at radius 2 is 2.05 bits per heavy atom. The van der Waals surface area contributed by atoms with Crippen LogP contribution in [0.3, 0.4) is 0 Å². The van der Waals surface area contributed by atoms with Crippen molar-refractivity contribution in [1.29, 1.82) is 0 Å². The maximum atomic E-state index is 10.5. The largest absolute Gasteiger partial charge is 0.493 e. The van der Waals surface area contributed by atoms with Crippen LogP contribution < -0.4 is 14.8 Å². The molecule has 0 unspecified atom stereocenters. The number of rotatable bonds is 11. The van der Waals surface area contributed by atoms with Crippen LogP contribution in [0.25, 0.3) is 0 Å². The number of aliphatic carboxylic acids is 1. The van der Waals surface area contributed by atoms with Gasteiger partial charge in [-0.25, -0.2) is 4.79 Å². The van der Waals surface area contributed by atoms with Gasteiger partial charge in [-0.1, -0.05) is 32.3 Å². The Kier molecular flexibility index (Phi) is 8.28. The second-order valence-corrected chi connectivity index (χ2v) is 4.91. The smallest absolute Gasteiger partial charge is 0.341 e. The molecule has 2 N–H and O–H groups in total. The van der Waals surface area contributed by atoms with Crippen molar-refractivity contribution in [2.75, 3.05) is 20.3 Å². The highest BCUT2D eigenvalue weighted by molar-refractivity contribution is 5.68. The maximum Gasteiger partial charge on any atom is 0.341 e. The van der Waals surface area contributed by atoms with E-state index in [1.165, 1.54) is 25.7 Å². The molecule has 0 saturated carbocycles. The van der Waals surface area contributed by atoms with Gasteiger partial charge in [0.15, 0.2) is 18.1 Å². The third-order valence-corrected chi connectivity index (χ3v) is 3.12. The highest BCUT2D eigenvalue weighted by atomic mass is 16.5. The molecule has 1 aromatic rings. The summed E-state index contributed by atoms with van der Waals surface area (Å²) in [6, 6.07) is 5.53. The number of carboxylic acid groups (broad SMARTS) is 1. The molecule has 5 heteroatoms. The molecule has 0 heterocycles. The van der Waals surface area contributed by atoms with Crippen LogP contribution in [0.15, 0.2) is 18.2 Å². The lowest BCUT2D eigenvalue weighted by Gasteiger charge is -2.11. The number of nitrogens with one attached hydrogen (secondary N) is 1. The maximum absolute atomic E-state index is 10.5. The van der Waals surface area contributed by atoms with E-state index in [0.717, 1.165) is 18.7 Å². The fraction of sp³-hybridized carbons (Fsp3) is 0.562. The molecule has 0 aliphatic heterocycles. The molecule has 1 rings (SSSR count). The number of ether oxygens (including phenoxy) is 2. The first kappa shape index (κ1) is 17.3. The van der Waals surface area contributed by atoms with Crippen LogP contribution >= 0.6 is 0 Å². The van der Waals surface area contributed by atoms with Crippen LogP contribution in [0.5, 0.6) is 11.5 Å². The molecule has 0 aromatic heterocycles. The number of benzene rings is 1. The molecule has 5 nitrogen and oxygen atoms in total. The van der Waals surface area contributed by atoms with Gasteiger partial charge in [-0.05, 0) is 30.7 Å². The molecule has 118 valence electrons. The number of unbranched alkanes of at least 4 members (excludes halogenated alkanes) is 3. The summed E-state index contributed by atoms with van der Waals surface area (Å²) in [5.74, 6) is 0.00278. The number of carbonyl (C=O) groups is 1. The number of carboxylic acids is 1. The topological polar surface area (TPSA) is 67.8 Å². The van der Waals surface area contributed by atoms with Crippen LogP contribution in [0.4, 0.5) is 0 Å². The van der Waals surface area contributed by atoms with Gasteiger partial charge in [0.2, 0.25) is 0 Å². The molecular formula is C16H25NO4. The standard InChI is InChI=1S/C16H25NO4/c1-3-4-5-6-9-17-11-13-7-8-14(15(10-13)20-2)21-12-16(18)19/h7-8,10,17H,3-6,9,11-12H2,1-2H3,(H,18,19). The Morgan fingerprint density at radius 3 is 2.71 bits per heavy atom. The van der Waals surface area contributed by atoms with Gasteiger partial charge < -0.3 is 19.9 Å². The number of hydrogen-bond acceptors (Lipinski definition) is 4. The van der Waals surface area contributed by atoms with Gasteiger partial charge in [0.05, 0.1) is 7.11 Å². The van der Waals surface area contributed by atoms with Gasteiger partial charge in [0.25, 0.3) is 0 Å². The quantitative estimate of drug-likeness (QED) is 0.614. The van der Waals surface area contributed by atoms with E-state index in [0.29, 0.717) is 11.5 Å². The van der Waals surface area contributed by atoms with E-state index in [9.17, 15) is 4.79 Å². The molecule has 1 aromatic carbocycles. The lowest BCUT2D eigenvalue weighted by molar-refractivity contribution is -0.139. The van der Waals surface area contributed by atoms with Crippen molar-refractivity contribution < 1.29 is 19.4 Å². The third-order valence-electron chi connectivity index (χ3n) is 3.12. The lowest BCUT2D eigenvalue weighted by atomic mass is 10.2. The Bertz CT molecular complexity index is 434. The van der Waals surface area contributed by atoms with E-state index < -0.39 is 5.97 Å². The summed E-state index contributed by atoms with van der Waals surface area (Å²) < 4.78 is 10.4. The molecule has 0 spiro atoms. The Hall–Kier alpha value is -1.75. The summed E-state index contributed by atoms with van der Waals surface area (Å²) in [7, 11) is 1.55. The monoisotopic (exact) mass is 295 g/mol. The highest BCUT2D eigenvalue weighted by Crippen LogP contribution is 2.27. The number of methoxy groups -OCH3 is 1. The van der Waals surface area contributed by atoms with Gasteiger partial charge in [-0.3, -0.25) is 0 Å². The molecule has 0 amide bonds. The molecular weight excluding hydrogens is 270 g/mol. The molecule has 0 atom stereocenters. The predicted octanol–water partition coefficient (Wildman–Crippen LogP) is 2.83. The van der Waals surface area contributed by atoms with Crippen molar-refractivity contribution >= 4 is 5.97 Å². The Balaban J connectivity index is 2.43. The summed E-state index contributed by atoms with van der Waals surface area (Å²) in [5, 5.41) is 12.0. The third kappa shape index (κ3) is 6.99. The van der Waals surface area contributed by atoms with Crippen LogP contribution in [-0.2, 0) is 11.3 Å². The summed E-state index contributed by atoms with van der Waals surface area (Å²) in [5.41, 5.74) is 1.09.